The third kappa shape index (κ3) is 5.90. The summed E-state index contributed by atoms with van der Waals surface area (Å²) >= 11 is 1.93. The Hall–Kier alpha value is 0.0300. The summed E-state index contributed by atoms with van der Waals surface area (Å²) in [6.07, 6.45) is 4.36. The summed E-state index contributed by atoms with van der Waals surface area (Å²) in [4.78, 5) is 14.0. The van der Waals surface area contributed by atoms with Gasteiger partial charge in [-0.25, -0.2) is 0 Å². The molecule has 2 fully saturated rings. The summed E-state index contributed by atoms with van der Waals surface area (Å²) in [5, 5.41) is 3.41. The number of nitrogens with zero attached hydrogens (tertiary/aromatic N) is 1. The van der Waals surface area contributed by atoms with Crippen molar-refractivity contribution < 1.29 is 9.53 Å². The lowest BCUT2D eigenvalue weighted by Crippen LogP contribution is -2.43. The molecule has 2 saturated heterocycles. The van der Waals surface area contributed by atoms with Gasteiger partial charge in [0.15, 0.2) is 0 Å². The number of rotatable bonds is 4. The fourth-order valence-electron chi connectivity index (χ4n) is 2.48. The number of hydrogen-bond acceptors (Lipinski definition) is 4. The first-order valence-electron chi connectivity index (χ1n) is 6.92. The lowest BCUT2D eigenvalue weighted by atomic mass is 10.1. The van der Waals surface area contributed by atoms with E-state index in [1.807, 2.05) is 23.7 Å². The molecular formula is C13H25ClN2O2S. The van der Waals surface area contributed by atoms with Crippen LogP contribution in [0, 0.1) is 0 Å². The Morgan fingerprint density at radius 3 is 2.95 bits per heavy atom. The van der Waals surface area contributed by atoms with Crippen molar-refractivity contribution in [3.63, 3.8) is 0 Å². The number of carbonyl (C=O) groups is 1. The molecule has 2 heterocycles. The molecule has 2 aliphatic heterocycles. The molecule has 19 heavy (non-hydrogen) atoms. The van der Waals surface area contributed by atoms with Gasteiger partial charge in [0.25, 0.3) is 0 Å². The highest BCUT2D eigenvalue weighted by Gasteiger charge is 2.22. The normalized spacial score (nSPS) is 27.4. The number of carbonyl (C=O) groups excluding carboxylic acids is 1. The highest BCUT2D eigenvalue weighted by molar-refractivity contribution is 7.99. The van der Waals surface area contributed by atoms with Crippen molar-refractivity contribution in [2.24, 2.45) is 0 Å². The Balaban J connectivity index is 0.00000180. The van der Waals surface area contributed by atoms with Crippen molar-refractivity contribution in [2.75, 3.05) is 38.2 Å². The first kappa shape index (κ1) is 17.1. The molecule has 0 aromatic carbocycles. The van der Waals surface area contributed by atoms with Crippen molar-refractivity contribution >= 4 is 30.1 Å². The Morgan fingerprint density at radius 2 is 2.32 bits per heavy atom. The van der Waals surface area contributed by atoms with Gasteiger partial charge in [0.2, 0.25) is 5.91 Å². The van der Waals surface area contributed by atoms with Gasteiger partial charge in [0.1, 0.15) is 0 Å². The van der Waals surface area contributed by atoms with Crippen LogP contribution in [0.4, 0.5) is 0 Å². The van der Waals surface area contributed by atoms with Gasteiger partial charge in [-0.05, 0) is 19.3 Å². The number of ether oxygens (including phenoxy) is 1. The molecule has 4 nitrogen and oxygen atoms in total. The maximum atomic E-state index is 12.1. The van der Waals surface area contributed by atoms with E-state index < -0.39 is 0 Å². The molecule has 6 heteroatoms. The van der Waals surface area contributed by atoms with E-state index in [1.165, 1.54) is 6.42 Å². The number of hydrogen-bond donors (Lipinski definition) is 1. The fourth-order valence-corrected chi connectivity index (χ4v) is 3.43. The number of nitrogens with one attached hydrogen (secondary N) is 1. The van der Waals surface area contributed by atoms with Crippen LogP contribution in [0.3, 0.4) is 0 Å². The molecule has 0 aromatic rings. The molecule has 2 atom stereocenters. The molecule has 0 bridgehead atoms. The van der Waals surface area contributed by atoms with Crippen molar-refractivity contribution in [3.8, 4) is 0 Å². The second kappa shape index (κ2) is 9.06. The average Bonchev–Trinajstić information content (AvgIpc) is 2.41. The third-order valence-corrected chi connectivity index (χ3v) is 4.73. The smallest absolute Gasteiger partial charge is 0.223 e. The van der Waals surface area contributed by atoms with Crippen molar-refractivity contribution in [3.05, 3.63) is 0 Å². The average molecular weight is 309 g/mol. The van der Waals surface area contributed by atoms with E-state index in [0.29, 0.717) is 12.5 Å². The number of thioether (sulfide) groups is 1. The zero-order valence-corrected chi connectivity index (χ0v) is 13.2. The minimum Gasteiger partial charge on any atom is -0.376 e. The van der Waals surface area contributed by atoms with Gasteiger partial charge in [-0.15, -0.1) is 12.4 Å². The van der Waals surface area contributed by atoms with Gasteiger partial charge in [-0.3, -0.25) is 4.79 Å². The lowest BCUT2D eigenvalue weighted by molar-refractivity contribution is -0.132. The standard InChI is InChI=1S/C13H24N2O2S.ClH/c1-15(9-12-4-2-3-6-17-12)13(16)8-11-10-18-7-5-14-11;/h11-12,14H,2-10H2,1H3;1H. The number of likely N-dealkylation sites (N-methyl/N-ethyl adjacent to an activating group) is 1. The molecule has 2 unspecified atom stereocenters. The van der Waals surface area contributed by atoms with Gasteiger partial charge < -0.3 is 15.0 Å². The van der Waals surface area contributed by atoms with Gasteiger partial charge in [0, 0.05) is 50.7 Å². The van der Waals surface area contributed by atoms with Crippen LogP contribution >= 0.6 is 24.2 Å². The van der Waals surface area contributed by atoms with Crippen molar-refractivity contribution in [1.29, 1.82) is 0 Å². The van der Waals surface area contributed by atoms with E-state index >= 15 is 0 Å². The van der Waals surface area contributed by atoms with Gasteiger partial charge in [-0.1, -0.05) is 0 Å². The Bertz CT molecular complexity index is 269. The fraction of sp³-hybridized carbons (Fsp3) is 0.923. The summed E-state index contributed by atoms with van der Waals surface area (Å²) in [5.74, 6) is 2.46. The van der Waals surface area contributed by atoms with Crippen LogP contribution in [0.2, 0.25) is 0 Å². The summed E-state index contributed by atoms with van der Waals surface area (Å²) in [5.41, 5.74) is 0. The van der Waals surface area contributed by atoms with Crippen LogP contribution in [-0.4, -0.2) is 61.2 Å². The summed E-state index contributed by atoms with van der Waals surface area (Å²) < 4.78 is 5.68. The van der Waals surface area contributed by atoms with Crippen LogP contribution in [-0.2, 0) is 9.53 Å². The van der Waals surface area contributed by atoms with E-state index in [-0.39, 0.29) is 24.4 Å². The van der Waals surface area contributed by atoms with Crippen LogP contribution < -0.4 is 5.32 Å². The molecule has 0 aliphatic carbocycles. The first-order valence-corrected chi connectivity index (χ1v) is 8.08. The predicted octanol–water partition coefficient (Wildman–Crippen LogP) is 1.53. The van der Waals surface area contributed by atoms with E-state index in [0.717, 1.165) is 44.0 Å². The molecule has 0 aromatic heterocycles. The quantitative estimate of drug-likeness (QED) is 0.855. The minimum atomic E-state index is 0. The van der Waals surface area contributed by atoms with E-state index in [9.17, 15) is 4.79 Å². The first-order chi connectivity index (χ1) is 8.75. The zero-order chi connectivity index (χ0) is 12.8. The Labute approximate surface area is 126 Å². The second-order valence-corrected chi connectivity index (χ2v) is 6.34. The lowest BCUT2D eigenvalue weighted by Gasteiger charge is -2.29. The zero-order valence-electron chi connectivity index (χ0n) is 11.6. The van der Waals surface area contributed by atoms with E-state index in [4.69, 9.17) is 4.74 Å². The molecule has 1 amide bonds. The molecule has 0 spiro atoms. The van der Waals surface area contributed by atoms with E-state index in [1.54, 1.807) is 0 Å². The number of halogens is 1. The predicted molar refractivity (Wildman–Crippen MR) is 82.2 cm³/mol. The van der Waals surface area contributed by atoms with Gasteiger partial charge in [0.05, 0.1) is 6.10 Å². The van der Waals surface area contributed by atoms with Crippen LogP contribution in [0.5, 0.6) is 0 Å². The molecule has 2 aliphatic rings. The van der Waals surface area contributed by atoms with Crippen molar-refractivity contribution in [2.45, 2.75) is 37.8 Å². The van der Waals surface area contributed by atoms with Crippen LogP contribution in [0.25, 0.3) is 0 Å². The van der Waals surface area contributed by atoms with Crippen LogP contribution in [0.15, 0.2) is 0 Å². The molecule has 112 valence electrons. The van der Waals surface area contributed by atoms with Gasteiger partial charge >= 0.3 is 0 Å². The highest BCUT2D eigenvalue weighted by atomic mass is 35.5. The monoisotopic (exact) mass is 308 g/mol. The second-order valence-electron chi connectivity index (χ2n) is 5.19. The third-order valence-electron chi connectivity index (χ3n) is 3.60. The minimum absolute atomic E-state index is 0. The topological polar surface area (TPSA) is 41.6 Å². The molecule has 1 N–H and O–H groups in total. The summed E-state index contributed by atoms with van der Waals surface area (Å²) in [6.45, 7) is 2.63. The SMILES string of the molecule is CN(CC1CCCCO1)C(=O)CC1CSCCN1.Cl. The van der Waals surface area contributed by atoms with Crippen LogP contribution in [0.1, 0.15) is 25.7 Å². The summed E-state index contributed by atoms with van der Waals surface area (Å²) in [7, 11) is 1.90. The van der Waals surface area contributed by atoms with Crippen molar-refractivity contribution in [1.82, 2.24) is 10.2 Å². The Kier molecular flexibility index (Phi) is 8.14. The number of amides is 1. The molecule has 2 rings (SSSR count). The molecule has 0 radical (unpaired) electrons. The van der Waals surface area contributed by atoms with E-state index in [2.05, 4.69) is 5.32 Å². The van der Waals surface area contributed by atoms with Gasteiger partial charge in [-0.2, -0.15) is 11.8 Å². The largest absolute Gasteiger partial charge is 0.376 e. The maximum absolute atomic E-state index is 12.1. The Morgan fingerprint density at radius 1 is 1.47 bits per heavy atom. The maximum Gasteiger partial charge on any atom is 0.223 e. The summed E-state index contributed by atoms with van der Waals surface area (Å²) in [6, 6.07) is 0.353. The highest BCUT2D eigenvalue weighted by Crippen LogP contribution is 2.15. The molecule has 0 saturated carbocycles. The molecular weight excluding hydrogens is 284 g/mol.